The van der Waals surface area contributed by atoms with E-state index in [1.807, 2.05) is 40.6 Å². The average Bonchev–Trinajstić information content (AvgIpc) is 3.26. The third kappa shape index (κ3) is 4.50. The Morgan fingerprint density at radius 3 is 2.22 bits per heavy atom. The first-order chi connectivity index (χ1) is 15.6. The highest BCUT2D eigenvalue weighted by Gasteiger charge is 2.17. The van der Waals surface area contributed by atoms with Crippen LogP contribution in [0.1, 0.15) is 26.7 Å². The largest absolute Gasteiger partial charge is 0.341 e. The van der Waals surface area contributed by atoms with Gasteiger partial charge < -0.3 is 4.90 Å². The molecule has 0 saturated heterocycles. The molecule has 1 amide bonds. The molecule has 164 valence electrons. The summed E-state index contributed by atoms with van der Waals surface area (Å²) in [5, 5.41) is 2.55. The average molecular weight is 446 g/mol. The number of carbonyl (C=O) groups excluding carboxylic acids is 1. The Morgan fingerprint density at radius 1 is 0.938 bits per heavy atom. The molecule has 0 N–H and O–H groups in total. The minimum atomic E-state index is -0.167. The molecule has 0 unspecified atom stereocenters. The summed E-state index contributed by atoms with van der Waals surface area (Å²) in [6, 6.07) is 18.4. The predicted molar refractivity (Wildman–Crippen MR) is 132 cm³/mol. The highest BCUT2D eigenvalue weighted by molar-refractivity contribution is 7.17. The Balaban J connectivity index is 1.66. The number of hydrogen-bond acceptors (Lipinski definition) is 4. The lowest BCUT2D eigenvalue weighted by atomic mass is 10.0. The molecule has 0 atom stereocenters. The van der Waals surface area contributed by atoms with Gasteiger partial charge in [0.25, 0.3) is 5.56 Å². The summed E-state index contributed by atoms with van der Waals surface area (Å²) in [6.07, 6.45) is 3.29. The highest BCUT2D eigenvalue weighted by atomic mass is 32.1. The van der Waals surface area contributed by atoms with Crippen molar-refractivity contribution < 1.29 is 4.79 Å². The number of thiophene rings is 1. The molecule has 0 radical (unpaired) electrons. The van der Waals surface area contributed by atoms with Gasteiger partial charge in [0.15, 0.2) is 0 Å². The fourth-order valence-electron chi connectivity index (χ4n) is 3.91. The molecule has 0 aliphatic heterocycles. The van der Waals surface area contributed by atoms with Crippen molar-refractivity contribution in [3.05, 3.63) is 76.7 Å². The van der Waals surface area contributed by atoms with E-state index in [0.717, 1.165) is 35.1 Å². The van der Waals surface area contributed by atoms with E-state index in [9.17, 15) is 9.59 Å². The third-order valence-corrected chi connectivity index (χ3v) is 6.40. The van der Waals surface area contributed by atoms with Crippen molar-refractivity contribution in [3.8, 4) is 22.3 Å². The van der Waals surface area contributed by atoms with Crippen LogP contribution in [-0.4, -0.2) is 33.4 Å². The van der Waals surface area contributed by atoms with Crippen LogP contribution >= 0.6 is 11.3 Å². The Hall–Kier alpha value is -3.25. The van der Waals surface area contributed by atoms with E-state index in [2.05, 4.69) is 43.1 Å². The molecular weight excluding hydrogens is 418 g/mol. The Labute approximate surface area is 192 Å². The molecule has 4 aromatic rings. The van der Waals surface area contributed by atoms with Crippen LogP contribution < -0.4 is 5.56 Å². The lowest BCUT2D eigenvalue weighted by Gasteiger charge is -2.21. The van der Waals surface area contributed by atoms with Gasteiger partial charge in [0, 0.05) is 24.0 Å². The van der Waals surface area contributed by atoms with Crippen LogP contribution in [-0.2, 0) is 11.3 Å². The molecule has 2 aromatic carbocycles. The molecule has 0 bridgehead atoms. The topological polar surface area (TPSA) is 55.2 Å². The van der Waals surface area contributed by atoms with E-state index in [1.165, 1.54) is 22.2 Å². The molecule has 0 aliphatic carbocycles. The minimum Gasteiger partial charge on any atom is -0.341 e. The van der Waals surface area contributed by atoms with Crippen LogP contribution in [0.3, 0.4) is 0 Å². The van der Waals surface area contributed by atoms with Crippen molar-refractivity contribution in [2.75, 3.05) is 13.1 Å². The van der Waals surface area contributed by atoms with Crippen LogP contribution in [0.2, 0.25) is 0 Å². The van der Waals surface area contributed by atoms with E-state index in [4.69, 9.17) is 0 Å². The second-order valence-corrected chi connectivity index (χ2v) is 8.69. The molecular formula is C26H27N3O2S. The fourth-order valence-corrected chi connectivity index (χ4v) is 4.82. The van der Waals surface area contributed by atoms with E-state index in [-0.39, 0.29) is 18.0 Å². The molecule has 0 aliphatic rings. The zero-order valence-corrected chi connectivity index (χ0v) is 19.3. The smallest absolute Gasteiger partial charge is 0.263 e. The van der Waals surface area contributed by atoms with E-state index >= 15 is 0 Å². The number of hydrogen-bond donors (Lipinski definition) is 0. The van der Waals surface area contributed by atoms with Crippen LogP contribution in [0.5, 0.6) is 0 Å². The van der Waals surface area contributed by atoms with E-state index in [0.29, 0.717) is 23.3 Å². The Bertz CT molecular complexity index is 1250. The Morgan fingerprint density at radius 2 is 1.56 bits per heavy atom. The van der Waals surface area contributed by atoms with Gasteiger partial charge in [-0.15, -0.1) is 11.3 Å². The summed E-state index contributed by atoms with van der Waals surface area (Å²) in [6.45, 7) is 5.53. The number of benzene rings is 2. The number of nitrogens with zero attached hydrogens (tertiary/aromatic N) is 3. The van der Waals surface area contributed by atoms with Crippen molar-refractivity contribution >= 4 is 27.5 Å². The van der Waals surface area contributed by atoms with Gasteiger partial charge in [0.05, 0.1) is 11.7 Å². The van der Waals surface area contributed by atoms with Crippen LogP contribution in [0, 0.1) is 0 Å². The Kier molecular flexibility index (Phi) is 6.81. The van der Waals surface area contributed by atoms with Crippen LogP contribution in [0.4, 0.5) is 0 Å². The molecule has 0 spiro atoms. The number of amides is 1. The van der Waals surface area contributed by atoms with Gasteiger partial charge in [-0.05, 0) is 29.5 Å². The van der Waals surface area contributed by atoms with Gasteiger partial charge in [-0.25, -0.2) is 4.98 Å². The zero-order chi connectivity index (χ0) is 22.5. The SMILES string of the molecule is CCCN(CCC)C(=O)Cn1cnc2scc(-c3ccc(-c4ccccc4)cc3)c2c1=O. The molecule has 2 heterocycles. The summed E-state index contributed by atoms with van der Waals surface area (Å²) in [4.78, 5) is 33.1. The molecule has 6 heteroatoms. The van der Waals surface area contributed by atoms with Crippen molar-refractivity contribution in [1.29, 1.82) is 0 Å². The number of carbonyl (C=O) groups is 1. The molecule has 4 rings (SSSR count). The van der Waals surface area contributed by atoms with Crippen molar-refractivity contribution in [2.24, 2.45) is 0 Å². The van der Waals surface area contributed by atoms with Crippen LogP contribution in [0.15, 0.2) is 71.1 Å². The maximum atomic E-state index is 13.3. The fraction of sp³-hybridized carbons (Fsp3) is 0.269. The van der Waals surface area contributed by atoms with Gasteiger partial charge >= 0.3 is 0 Å². The number of rotatable bonds is 8. The molecule has 32 heavy (non-hydrogen) atoms. The van der Waals surface area contributed by atoms with Crippen molar-refractivity contribution in [1.82, 2.24) is 14.5 Å². The monoisotopic (exact) mass is 445 g/mol. The van der Waals surface area contributed by atoms with E-state index < -0.39 is 0 Å². The second kappa shape index (κ2) is 9.92. The van der Waals surface area contributed by atoms with Gasteiger partial charge in [0.2, 0.25) is 5.91 Å². The zero-order valence-electron chi connectivity index (χ0n) is 18.5. The maximum Gasteiger partial charge on any atom is 0.263 e. The molecule has 5 nitrogen and oxygen atoms in total. The standard InChI is InChI=1S/C26H27N3O2S/c1-3-14-28(15-4-2)23(30)16-29-18-27-25-24(26(29)31)22(17-32-25)21-12-10-20(11-13-21)19-8-6-5-7-9-19/h5-13,17-18H,3-4,14-16H2,1-2H3. The normalized spacial score (nSPS) is 11.1. The summed E-state index contributed by atoms with van der Waals surface area (Å²) in [5.74, 6) is -0.0408. The summed E-state index contributed by atoms with van der Waals surface area (Å²) in [7, 11) is 0. The number of fused-ring (bicyclic) bond motifs is 1. The lowest BCUT2D eigenvalue weighted by Crippen LogP contribution is -2.37. The highest BCUT2D eigenvalue weighted by Crippen LogP contribution is 2.32. The summed E-state index contributed by atoms with van der Waals surface area (Å²) >= 11 is 1.45. The van der Waals surface area contributed by atoms with Crippen LogP contribution in [0.25, 0.3) is 32.5 Å². The first kappa shape index (κ1) is 22.0. The summed E-state index contributed by atoms with van der Waals surface area (Å²) < 4.78 is 1.44. The first-order valence-corrected chi connectivity index (χ1v) is 11.9. The van der Waals surface area contributed by atoms with E-state index in [1.54, 1.807) is 0 Å². The van der Waals surface area contributed by atoms with Gasteiger partial charge in [-0.3, -0.25) is 14.2 Å². The predicted octanol–water partition coefficient (Wildman–Crippen LogP) is 5.44. The van der Waals surface area contributed by atoms with Gasteiger partial charge in [-0.2, -0.15) is 0 Å². The molecule has 2 aromatic heterocycles. The number of aromatic nitrogens is 2. The lowest BCUT2D eigenvalue weighted by molar-refractivity contribution is -0.132. The third-order valence-electron chi connectivity index (χ3n) is 5.51. The molecule has 0 fully saturated rings. The van der Waals surface area contributed by atoms with Gasteiger partial charge in [0.1, 0.15) is 11.4 Å². The van der Waals surface area contributed by atoms with Crippen molar-refractivity contribution in [2.45, 2.75) is 33.2 Å². The maximum absolute atomic E-state index is 13.3. The molecule has 0 saturated carbocycles. The summed E-state index contributed by atoms with van der Waals surface area (Å²) in [5.41, 5.74) is 3.95. The first-order valence-electron chi connectivity index (χ1n) is 11.0. The quantitative estimate of drug-likeness (QED) is 0.363. The second-order valence-electron chi connectivity index (χ2n) is 7.83. The van der Waals surface area contributed by atoms with Crippen molar-refractivity contribution in [3.63, 3.8) is 0 Å². The minimum absolute atomic E-state index is 0.0179. The van der Waals surface area contributed by atoms with Gasteiger partial charge in [-0.1, -0.05) is 68.4 Å².